The quantitative estimate of drug-likeness (QED) is 0.527. The highest BCUT2D eigenvalue weighted by Crippen LogP contribution is 2.24. The average molecular weight is 397 g/mol. The maximum atomic E-state index is 13.1. The van der Waals surface area contributed by atoms with Crippen molar-refractivity contribution in [2.75, 3.05) is 24.3 Å². The number of hydrogen-bond acceptors (Lipinski definition) is 4. The van der Waals surface area contributed by atoms with Gasteiger partial charge < -0.3 is 10.2 Å². The van der Waals surface area contributed by atoms with E-state index in [4.69, 9.17) is 5.10 Å². The van der Waals surface area contributed by atoms with E-state index < -0.39 is 0 Å². The van der Waals surface area contributed by atoms with Crippen LogP contribution in [0, 0.1) is 0 Å². The molecule has 0 atom stereocenters. The second-order valence-electron chi connectivity index (χ2n) is 7.19. The summed E-state index contributed by atoms with van der Waals surface area (Å²) in [5.41, 5.74) is 3.83. The van der Waals surface area contributed by atoms with E-state index in [-0.39, 0.29) is 5.91 Å². The summed E-state index contributed by atoms with van der Waals surface area (Å²) in [7, 11) is 3.85. The number of benzene rings is 2. The summed E-state index contributed by atoms with van der Waals surface area (Å²) in [6.45, 7) is 0.590. The smallest absolute Gasteiger partial charge is 0.259 e. The van der Waals surface area contributed by atoms with Gasteiger partial charge in [0, 0.05) is 25.9 Å². The molecule has 2 aromatic carbocycles. The van der Waals surface area contributed by atoms with Gasteiger partial charge in [0.1, 0.15) is 11.5 Å². The van der Waals surface area contributed by atoms with E-state index in [1.807, 2.05) is 91.8 Å². The number of nitrogens with zero attached hydrogens (tertiary/aromatic N) is 4. The third-order valence-electron chi connectivity index (χ3n) is 4.70. The van der Waals surface area contributed by atoms with Gasteiger partial charge in [0.2, 0.25) is 0 Å². The summed E-state index contributed by atoms with van der Waals surface area (Å²) in [6.07, 6.45) is 3.45. The molecule has 150 valence electrons. The maximum absolute atomic E-state index is 13.1. The highest BCUT2D eigenvalue weighted by Gasteiger charge is 2.18. The van der Waals surface area contributed by atoms with Crippen LogP contribution < -0.4 is 10.2 Å². The number of pyridine rings is 1. The van der Waals surface area contributed by atoms with Gasteiger partial charge in [-0.3, -0.25) is 9.48 Å². The molecule has 2 heterocycles. The first kappa shape index (κ1) is 19.4. The predicted molar refractivity (Wildman–Crippen MR) is 120 cm³/mol. The Morgan fingerprint density at radius 3 is 2.30 bits per heavy atom. The Balaban J connectivity index is 1.63. The molecule has 0 saturated carbocycles. The van der Waals surface area contributed by atoms with Crippen LogP contribution in [0.4, 0.5) is 11.5 Å². The van der Waals surface area contributed by atoms with Crippen molar-refractivity contribution < 1.29 is 4.79 Å². The molecule has 0 unspecified atom stereocenters. The molecule has 6 nitrogen and oxygen atoms in total. The number of hydrogen-bond donors (Lipinski definition) is 1. The molecular formula is C24H23N5O. The first-order chi connectivity index (χ1) is 14.6. The summed E-state index contributed by atoms with van der Waals surface area (Å²) < 4.78 is 1.81. The van der Waals surface area contributed by atoms with Gasteiger partial charge in [-0.15, -0.1) is 0 Å². The van der Waals surface area contributed by atoms with Crippen molar-refractivity contribution in [1.29, 1.82) is 0 Å². The molecule has 0 radical (unpaired) electrons. The Labute approximate surface area is 175 Å². The van der Waals surface area contributed by atoms with Crippen LogP contribution in [-0.2, 0) is 6.54 Å². The van der Waals surface area contributed by atoms with Gasteiger partial charge in [0.25, 0.3) is 5.91 Å². The molecule has 0 saturated heterocycles. The topological polar surface area (TPSA) is 63.1 Å². The number of rotatable bonds is 6. The molecule has 1 N–H and O–H groups in total. The fourth-order valence-electron chi connectivity index (χ4n) is 3.17. The Hall–Kier alpha value is -3.93. The Kier molecular flexibility index (Phi) is 5.57. The molecule has 6 heteroatoms. The van der Waals surface area contributed by atoms with Crippen LogP contribution in [0.5, 0.6) is 0 Å². The third-order valence-corrected chi connectivity index (χ3v) is 4.70. The first-order valence-corrected chi connectivity index (χ1v) is 9.71. The van der Waals surface area contributed by atoms with Crippen LogP contribution in [0.25, 0.3) is 11.3 Å². The molecule has 0 fully saturated rings. The summed E-state index contributed by atoms with van der Waals surface area (Å²) in [5, 5.41) is 7.65. The van der Waals surface area contributed by atoms with Gasteiger partial charge in [0.15, 0.2) is 0 Å². The van der Waals surface area contributed by atoms with Crippen LogP contribution in [-0.4, -0.2) is 34.8 Å². The molecule has 0 aliphatic rings. The number of carbonyl (C=O) groups excluding carboxylic acids is 1. The zero-order chi connectivity index (χ0) is 20.9. The maximum Gasteiger partial charge on any atom is 0.259 e. The normalized spacial score (nSPS) is 10.6. The molecule has 0 spiro atoms. The summed E-state index contributed by atoms with van der Waals surface area (Å²) in [5.74, 6) is 0.612. The minimum atomic E-state index is -0.215. The number of nitrogens with one attached hydrogen (secondary N) is 1. The molecule has 2 aromatic heterocycles. The van der Waals surface area contributed by atoms with Crippen LogP contribution in [0.3, 0.4) is 0 Å². The first-order valence-electron chi connectivity index (χ1n) is 9.71. The SMILES string of the molecule is CN(C)c1ccc(NC(=O)c2cn(Cc3ccccc3)nc2-c2ccccc2)cn1. The molecule has 0 aliphatic carbocycles. The van der Waals surface area contributed by atoms with Gasteiger partial charge in [-0.05, 0) is 17.7 Å². The Morgan fingerprint density at radius 2 is 1.67 bits per heavy atom. The van der Waals surface area contributed by atoms with Crippen molar-refractivity contribution in [1.82, 2.24) is 14.8 Å². The minimum Gasteiger partial charge on any atom is -0.363 e. The lowest BCUT2D eigenvalue weighted by atomic mass is 10.1. The zero-order valence-corrected chi connectivity index (χ0v) is 17.0. The van der Waals surface area contributed by atoms with E-state index in [1.54, 1.807) is 17.1 Å². The molecule has 30 heavy (non-hydrogen) atoms. The second-order valence-corrected chi connectivity index (χ2v) is 7.19. The van der Waals surface area contributed by atoms with Crippen molar-refractivity contribution in [2.45, 2.75) is 6.54 Å². The van der Waals surface area contributed by atoms with E-state index in [1.165, 1.54) is 0 Å². The van der Waals surface area contributed by atoms with Crippen LogP contribution in [0.15, 0.2) is 85.2 Å². The molecule has 4 rings (SSSR count). The predicted octanol–water partition coefficient (Wildman–Crippen LogP) is 4.31. The van der Waals surface area contributed by atoms with E-state index in [9.17, 15) is 4.79 Å². The van der Waals surface area contributed by atoms with Crippen LogP contribution in [0.1, 0.15) is 15.9 Å². The highest BCUT2D eigenvalue weighted by molar-refractivity contribution is 6.08. The fourth-order valence-corrected chi connectivity index (χ4v) is 3.17. The number of amides is 1. The van der Waals surface area contributed by atoms with Crippen LogP contribution >= 0.6 is 0 Å². The summed E-state index contributed by atoms with van der Waals surface area (Å²) in [4.78, 5) is 19.4. The Morgan fingerprint density at radius 1 is 0.967 bits per heavy atom. The lowest BCUT2D eigenvalue weighted by Crippen LogP contribution is -2.14. The van der Waals surface area contributed by atoms with E-state index >= 15 is 0 Å². The number of anilines is 2. The average Bonchev–Trinajstić information content (AvgIpc) is 3.19. The molecule has 4 aromatic rings. The lowest BCUT2D eigenvalue weighted by molar-refractivity contribution is 0.102. The van der Waals surface area contributed by atoms with E-state index in [2.05, 4.69) is 10.3 Å². The molecule has 0 bridgehead atoms. The van der Waals surface area contributed by atoms with E-state index in [0.717, 1.165) is 16.9 Å². The van der Waals surface area contributed by atoms with Crippen molar-refractivity contribution in [3.8, 4) is 11.3 Å². The van der Waals surface area contributed by atoms with Crippen molar-refractivity contribution in [2.24, 2.45) is 0 Å². The van der Waals surface area contributed by atoms with Gasteiger partial charge in [-0.2, -0.15) is 5.10 Å². The van der Waals surface area contributed by atoms with Gasteiger partial charge >= 0.3 is 0 Å². The minimum absolute atomic E-state index is 0.215. The number of carbonyl (C=O) groups is 1. The van der Waals surface area contributed by atoms with Crippen LogP contribution in [0.2, 0.25) is 0 Å². The fraction of sp³-hybridized carbons (Fsp3) is 0.125. The molecule has 1 amide bonds. The Bertz CT molecular complexity index is 1120. The van der Waals surface area contributed by atoms with Gasteiger partial charge in [0.05, 0.1) is 24.0 Å². The van der Waals surface area contributed by atoms with Crippen molar-refractivity contribution >= 4 is 17.4 Å². The lowest BCUT2D eigenvalue weighted by Gasteiger charge is -2.11. The van der Waals surface area contributed by atoms with E-state index in [0.29, 0.717) is 23.5 Å². The molecular weight excluding hydrogens is 374 g/mol. The second kappa shape index (κ2) is 8.61. The van der Waals surface area contributed by atoms with Gasteiger partial charge in [-0.1, -0.05) is 60.7 Å². The summed E-state index contributed by atoms with van der Waals surface area (Å²) >= 11 is 0. The van der Waals surface area contributed by atoms with Crippen molar-refractivity contribution in [3.05, 3.63) is 96.3 Å². The molecule has 0 aliphatic heterocycles. The number of aromatic nitrogens is 3. The third kappa shape index (κ3) is 4.38. The van der Waals surface area contributed by atoms with Crippen molar-refractivity contribution in [3.63, 3.8) is 0 Å². The zero-order valence-electron chi connectivity index (χ0n) is 17.0. The standard InChI is InChI=1S/C24H23N5O/c1-28(2)22-14-13-20(15-25-22)26-24(30)21-17-29(16-18-9-5-3-6-10-18)27-23(21)19-11-7-4-8-12-19/h3-15,17H,16H2,1-2H3,(H,26,30). The summed E-state index contributed by atoms with van der Waals surface area (Å²) in [6, 6.07) is 23.5. The monoisotopic (exact) mass is 397 g/mol. The largest absolute Gasteiger partial charge is 0.363 e. The van der Waals surface area contributed by atoms with Gasteiger partial charge in [-0.25, -0.2) is 4.98 Å². The highest BCUT2D eigenvalue weighted by atomic mass is 16.1.